The molecule has 8 nitrogen and oxygen atoms in total. The van der Waals surface area contributed by atoms with Crippen molar-refractivity contribution in [2.24, 2.45) is 4.99 Å². The molecule has 0 aliphatic heterocycles. The van der Waals surface area contributed by atoms with Gasteiger partial charge in [0, 0.05) is 25.2 Å². The molecule has 2 rings (SSSR count). The van der Waals surface area contributed by atoms with Crippen LogP contribution in [0.2, 0.25) is 0 Å². The van der Waals surface area contributed by atoms with Crippen molar-refractivity contribution < 1.29 is 9.52 Å². The van der Waals surface area contributed by atoms with E-state index in [1.54, 1.807) is 19.6 Å². The van der Waals surface area contributed by atoms with Crippen molar-refractivity contribution in [2.75, 3.05) is 19.6 Å². The van der Waals surface area contributed by atoms with Gasteiger partial charge in [-0.05, 0) is 46.6 Å². The highest BCUT2D eigenvalue weighted by atomic mass is 127. The van der Waals surface area contributed by atoms with Crippen LogP contribution >= 0.6 is 24.0 Å². The van der Waals surface area contributed by atoms with E-state index >= 15 is 0 Å². The summed E-state index contributed by atoms with van der Waals surface area (Å²) in [6, 6.07) is 1.87. The molecule has 2 heterocycles. The number of guanidine groups is 1. The van der Waals surface area contributed by atoms with Crippen LogP contribution in [0.1, 0.15) is 43.8 Å². The number of aromatic nitrogens is 3. The highest BCUT2D eigenvalue weighted by molar-refractivity contribution is 14.0. The van der Waals surface area contributed by atoms with E-state index in [4.69, 9.17) is 4.42 Å². The van der Waals surface area contributed by atoms with Gasteiger partial charge in [-0.25, -0.2) is 4.99 Å². The van der Waals surface area contributed by atoms with Crippen LogP contribution < -0.4 is 10.6 Å². The van der Waals surface area contributed by atoms with Crippen molar-refractivity contribution in [2.45, 2.75) is 52.7 Å². The largest absolute Gasteiger partial charge is 0.466 e. The second kappa shape index (κ2) is 11.3. The van der Waals surface area contributed by atoms with Crippen molar-refractivity contribution >= 4 is 29.9 Å². The van der Waals surface area contributed by atoms with Gasteiger partial charge in [0.15, 0.2) is 5.96 Å². The number of rotatable bonds is 9. The summed E-state index contributed by atoms with van der Waals surface area (Å²) in [6.07, 6.45) is 5.47. The maximum Gasteiger partial charge on any atom is 0.191 e. The topological polar surface area (TPSA) is 100 Å². The molecule has 2 aromatic rings. The summed E-state index contributed by atoms with van der Waals surface area (Å²) in [7, 11) is 0. The predicted molar refractivity (Wildman–Crippen MR) is 116 cm³/mol. The molecule has 152 valence electrons. The molecule has 0 radical (unpaired) electrons. The van der Waals surface area contributed by atoms with Crippen molar-refractivity contribution in [1.82, 2.24) is 25.4 Å². The average molecular weight is 490 g/mol. The lowest BCUT2D eigenvalue weighted by molar-refractivity contribution is 0.0657. The molecule has 0 aliphatic carbocycles. The number of unbranched alkanes of at least 4 members (excludes halogenated alkanes) is 1. The molecule has 9 heteroatoms. The first-order valence-corrected chi connectivity index (χ1v) is 9.07. The lowest BCUT2D eigenvalue weighted by Crippen LogP contribution is -2.39. The molecule has 3 N–H and O–H groups in total. The molecule has 0 spiro atoms. The number of aliphatic imine (C=N–C) groups is 1. The van der Waals surface area contributed by atoms with Gasteiger partial charge >= 0.3 is 0 Å². The second-order valence-electron chi connectivity index (χ2n) is 6.63. The highest BCUT2D eigenvalue weighted by Gasteiger charge is 2.27. The third-order valence-electron chi connectivity index (χ3n) is 4.11. The van der Waals surface area contributed by atoms with Crippen LogP contribution in [0.4, 0.5) is 0 Å². The van der Waals surface area contributed by atoms with Crippen LogP contribution in [0.25, 0.3) is 0 Å². The lowest BCUT2D eigenvalue weighted by Gasteiger charge is -2.21. The van der Waals surface area contributed by atoms with Crippen LogP contribution in [-0.4, -0.2) is 45.5 Å². The molecule has 1 unspecified atom stereocenters. The smallest absolute Gasteiger partial charge is 0.191 e. The summed E-state index contributed by atoms with van der Waals surface area (Å²) in [5.74, 6) is 2.23. The fraction of sp³-hybridized carbons (Fsp3) is 0.611. The number of hydrogen-bond donors (Lipinski definition) is 3. The molecule has 0 bridgehead atoms. The summed E-state index contributed by atoms with van der Waals surface area (Å²) in [5.41, 5.74) is -0.290. The van der Waals surface area contributed by atoms with Crippen LogP contribution in [0, 0.1) is 13.8 Å². The zero-order chi connectivity index (χ0) is 19.0. The fourth-order valence-corrected chi connectivity index (χ4v) is 2.79. The van der Waals surface area contributed by atoms with Crippen LogP contribution in [0.15, 0.2) is 28.1 Å². The number of hydrogen-bond acceptors (Lipinski definition) is 5. The molecular weight excluding hydrogens is 459 g/mol. The number of nitrogens with zero attached hydrogens (tertiary/aromatic N) is 4. The summed E-state index contributed by atoms with van der Waals surface area (Å²) in [6.45, 7) is 10.2. The van der Waals surface area contributed by atoms with Gasteiger partial charge < -0.3 is 24.7 Å². The minimum Gasteiger partial charge on any atom is -0.466 e. The fourth-order valence-electron chi connectivity index (χ4n) is 2.79. The minimum atomic E-state index is -1.07. The molecule has 0 aromatic carbocycles. The Hall–Kier alpha value is -1.62. The van der Waals surface area contributed by atoms with Crippen LogP contribution in [0.3, 0.4) is 0 Å². The van der Waals surface area contributed by atoms with E-state index in [0.29, 0.717) is 5.96 Å². The summed E-state index contributed by atoms with van der Waals surface area (Å²) in [5, 5.41) is 24.9. The number of furan rings is 1. The van der Waals surface area contributed by atoms with E-state index in [0.717, 1.165) is 49.6 Å². The average Bonchev–Trinajstić information content (AvgIpc) is 3.21. The second-order valence-corrected chi connectivity index (χ2v) is 6.63. The SMILES string of the molecule is CCNC(=NCC(C)(O)c1cc(C)oc1C)NCCCCn1cnnc1.I. The Kier molecular flexibility index (Phi) is 9.78. The first kappa shape index (κ1) is 23.4. The molecule has 0 saturated heterocycles. The molecule has 27 heavy (non-hydrogen) atoms. The molecule has 1 atom stereocenters. The van der Waals surface area contributed by atoms with Gasteiger partial charge in [-0.1, -0.05) is 0 Å². The van der Waals surface area contributed by atoms with E-state index < -0.39 is 5.60 Å². The lowest BCUT2D eigenvalue weighted by atomic mass is 9.96. The standard InChI is InChI=1S/C18H30N6O2.HI/c1-5-19-17(20-8-6-7-9-24-12-22-23-13-24)21-11-18(4,25)16-10-14(2)26-15(16)3;/h10,12-13,25H,5-9,11H2,1-4H3,(H2,19,20,21);1H. The van der Waals surface area contributed by atoms with Crippen molar-refractivity contribution in [1.29, 1.82) is 0 Å². The van der Waals surface area contributed by atoms with Crippen molar-refractivity contribution in [3.8, 4) is 0 Å². The first-order valence-electron chi connectivity index (χ1n) is 9.07. The quantitative estimate of drug-likeness (QED) is 0.216. The Balaban J connectivity index is 0.00000364. The van der Waals surface area contributed by atoms with Gasteiger partial charge in [0.05, 0.1) is 6.54 Å². The Morgan fingerprint density at radius 1 is 1.26 bits per heavy atom. The Bertz CT molecular complexity index is 697. The number of nitrogens with one attached hydrogen (secondary N) is 2. The number of halogens is 1. The predicted octanol–water partition coefficient (Wildman–Crippen LogP) is 2.35. The molecule has 0 aliphatic rings. The molecule has 0 amide bonds. The van der Waals surface area contributed by atoms with Crippen LogP contribution in [-0.2, 0) is 12.1 Å². The van der Waals surface area contributed by atoms with Crippen molar-refractivity contribution in [3.05, 3.63) is 35.8 Å². The number of aryl methyl sites for hydroxylation is 3. The Morgan fingerprint density at radius 2 is 1.96 bits per heavy atom. The summed E-state index contributed by atoms with van der Waals surface area (Å²) in [4.78, 5) is 4.54. The third-order valence-corrected chi connectivity index (χ3v) is 4.11. The summed E-state index contributed by atoms with van der Waals surface area (Å²) >= 11 is 0. The molecular formula is C18H31IN6O2. The van der Waals surface area contributed by atoms with Crippen molar-refractivity contribution in [3.63, 3.8) is 0 Å². The Labute approximate surface area is 177 Å². The van der Waals surface area contributed by atoms with Gasteiger partial charge in [0.1, 0.15) is 29.8 Å². The minimum absolute atomic E-state index is 0. The zero-order valence-electron chi connectivity index (χ0n) is 16.5. The van der Waals surface area contributed by atoms with E-state index in [2.05, 4.69) is 25.8 Å². The summed E-state index contributed by atoms with van der Waals surface area (Å²) < 4.78 is 7.49. The molecule has 2 aromatic heterocycles. The van der Waals surface area contributed by atoms with Gasteiger partial charge in [-0.3, -0.25) is 0 Å². The number of aliphatic hydroxyl groups is 1. The molecule has 0 saturated carbocycles. The van der Waals surface area contributed by atoms with Gasteiger partial charge in [-0.2, -0.15) is 0 Å². The monoisotopic (exact) mass is 490 g/mol. The van der Waals surface area contributed by atoms with E-state index in [1.165, 1.54) is 0 Å². The van der Waals surface area contributed by atoms with Gasteiger partial charge in [-0.15, -0.1) is 34.2 Å². The van der Waals surface area contributed by atoms with E-state index in [-0.39, 0.29) is 30.5 Å². The third kappa shape index (κ3) is 7.49. The van der Waals surface area contributed by atoms with Gasteiger partial charge in [0.25, 0.3) is 0 Å². The maximum absolute atomic E-state index is 10.8. The normalized spacial score (nSPS) is 13.7. The maximum atomic E-state index is 10.8. The highest BCUT2D eigenvalue weighted by Crippen LogP contribution is 2.27. The Morgan fingerprint density at radius 3 is 2.56 bits per heavy atom. The van der Waals surface area contributed by atoms with Crippen LogP contribution in [0.5, 0.6) is 0 Å². The zero-order valence-corrected chi connectivity index (χ0v) is 18.9. The molecule has 0 fully saturated rings. The van der Waals surface area contributed by atoms with E-state index in [1.807, 2.05) is 31.4 Å². The van der Waals surface area contributed by atoms with E-state index in [9.17, 15) is 5.11 Å². The van der Waals surface area contributed by atoms with Gasteiger partial charge in [0.2, 0.25) is 0 Å². The first-order chi connectivity index (χ1) is 12.4.